The molecule has 33 heavy (non-hydrogen) atoms. The Bertz CT molecular complexity index is 998. The molecule has 0 bridgehead atoms. The van der Waals surface area contributed by atoms with Crippen LogP contribution in [-0.4, -0.2) is 49.7 Å². The summed E-state index contributed by atoms with van der Waals surface area (Å²) in [7, 11) is 1.58. The first-order valence-corrected chi connectivity index (χ1v) is 11.3. The lowest BCUT2D eigenvalue weighted by molar-refractivity contribution is -0.137. The molecule has 0 aliphatic carbocycles. The number of hydrogen-bond acceptors (Lipinski definition) is 6. The van der Waals surface area contributed by atoms with Crippen LogP contribution in [-0.2, 0) is 14.3 Å². The number of imide groups is 1. The summed E-state index contributed by atoms with van der Waals surface area (Å²) in [6.45, 7) is 7.32. The monoisotopic (exact) mass is 452 g/mol. The minimum atomic E-state index is -0.352. The first kappa shape index (κ1) is 24.3. The molecule has 0 spiro atoms. The van der Waals surface area contributed by atoms with Gasteiger partial charge in [0.05, 0.1) is 25.4 Å². The molecule has 1 heterocycles. The van der Waals surface area contributed by atoms with Gasteiger partial charge in [-0.1, -0.05) is 25.1 Å². The molecule has 0 saturated carbocycles. The molecule has 0 radical (unpaired) electrons. The third-order valence-electron chi connectivity index (χ3n) is 5.10. The summed E-state index contributed by atoms with van der Waals surface area (Å²) in [6.07, 6.45) is 1.56. The zero-order valence-electron chi connectivity index (χ0n) is 19.7. The zero-order valence-corrected chi connectivity index (χ0v) is 19.7. The van der Waals surface area contributed by atoms with Crippen molar-refractivity contribution in [2.24, 2.45) is 0 Å². The average Bonchev–Trinajstić information content (AvgIpc) is 3.04. The minimum Gasteiger partial charge on any atom is -0.497 e. The van der Waals surface area contributed by atoms with Gasteiger partial charge in [0.2, 0.25) is 0 Å². The molecule has 1 aliphatic heterocycles. The van der Waals surface area contributed by atoms with Gasteiger partial charge in [-0.25, -0.2) is 0 Å². The summed E-state index contributed by atoms with van der Waals surface area (Å²) in [4.78, 5) is 27.9. The molecule has 0 saturated heterocycles. The van der Waals surface area contributed by atoms with Crippen molar-refractivity contribution in [3.63, 3.8) is 0 Å². The third kappa shape index (κ3) is 6.14. The van der Waals surface area contributed by atoms with Gasteiger partial charge in [0.1, 0.15) is 17.2 Å². The molecule has 176 valence electrons. The third-order valence-corrected chi connectivity index (χ3v) is 5.10. The van der Waals surface area contributed by atoms with Gasteiger partial charge >= 0.3 is 0 Å². The van der Waals surface area contributed by atoms with E-state index in [1.54, 1.807) is 31.4 Å². The Labute approximate surface area is 195 Å². The molecular weight excluding hydrogens is 420 g/mol. The van der Waals surface area contributed by atoms with Crippen LogP contribution in [0, 0.1) is 0 Å². The van der Waals surface area contributed by atoms with Crippen molar-refractivity contribution in [2.45, 2.75) is 39.7 Å². The van der Waals surface area contributed by atoms with Crippen LogP contribution >= 0.6 is 0 Å². The number of nitrogens with zero attached hydrogens (tertiary/aromatic N) is 1. The predicted octanol–water partition coefficient (Wildman–Crippen LogP) is 4.49. The van der Waals surface area contributed by atoms with E-state index >= 15 is 0 Å². The van der Waals surface area contributed by atoms with E-state index in [2.05, 4.69) is 5.32 Å². The Morgan fingerprint density at radius 3 is 2.39 bits per heavy atom. The van der Waals surface area contributed by atoms with Gasteiger partial charge in [-0.05, 0) is 56.5 Å². The molecule has 2 amide bonds. The van der Waals surface area contributed by atoms with E-state index in [1.165, 1.54) is 4.90 Å². The van der Waals surface area contributed by atoms with Gasteiger partial charge in [0.25, 0.3) is 11.8 Å². The van der Waals surface area contributed by atoms with Crippen LogP contribution in [0.2, 0.25) is 0 Å². The van der Waals surface area contributed by atoms with Crippen molar-refractivity contribution >= 4 is 23.1 Å². The first-order valence-electron chi connectivity index (χ1n) is 11.3. The van der Waals surface area contributed by atoms with Crippen LogP contribution in [0.15, 0.2) is 54.2 Å². The van der Waals surface area contributed by atoms with E-state index in [4.69, 9.17) is 14.2 Å². The molecule has 1 N–H and O–H groups in total. The van der Waals surface area contributed by atoms with Crippen molar-refractivity contribution in [1.82, 2.24) is 4.90 Å². The summed E-state index contributed by atoms with van der Waals surface area (Å²) in [5.41, 5.74) is 1.92. The summed E-state index contributed by atoms with van der Waals surface area (Å²) in [5, 5.41) is 3.18. The van der Waals surface area contributed by atoms with E-state index < -0.39 is 0 Å². The van der Waals surface area contributed by atoms with E-state index in [0.717, 1.165) is 6.42 Å². The molecule has 7 nitrogen and oxygen atoms in total. The van der Waals surface area contributed by atoms with Crippen LogP contribution in [0.25, 0.3) is 5.57 Å². The van der Waals surface area contributed by atoms with Gasteiger partial charge in [-0.2, -0.15) is 0 Å². The number of benzene rings is 2. The topological polar surface area (TPSA) is 77.1 Å². The number of amides is 2. The van der Waals surface area contributed by atoms with E-state index in [9.17, 15) is 9.59 Å². The number of hydrogen-bond donors (Lipinski definition) is 1. The Morgan fingerprint density at radius 1 is 0.970 bits per heavy atom. The fourth-order valence-electron chi connectivity index (χ4n) is 3.49. The molecule has 0 fully saturated rings. The first-order chi connectivity index (χ1) is 15.9. The fourth-order valence-corrected chi connectivity index (χ4v) is 3.49. The molecule has 2 aromatic rings. The molecule has 3 rings (SSSR count). The summed E-state index contributed by atoms with van der Waals surface area (Å²) in [5.74, 6) is 0.702. The molecule has 0 aromatic heterocycles. The maximum Gasteiger partial charge on any atom is 0.278 e. The average molecular weight is 453 g/mol. The fraction of sp³-hybridized carbons (Fsp3) is 0.385. The Kier molecular flexibility index (Phi) is 8.49. The second kappa shape index (κ2) is 11.5. The van der Waals surface area contributed by atoms with Crippen molar-refractivity contribution < 1.29 is 23.8 Å². The number of carbonyl (C=O) groups is 2. The quantitative estimate of drug-likeness (QED) is 0.378. The second-order valence-electron chi connectivity index (χ2n) is 8.01. The van der Waals surface area contributed by atoms with Gasteiger partial charge < -0.3 is 19.5 Å². The molecular formula is C26H32N2O5. The number of methoxy groups -OCH3 is 1. The van der Waals surface area contributed by atoms with Crippen LogP contribution in [0.1, 0.15) is 39.2 Å². The van der Waals surface area contributed by atoms with E-state index in [1.807, 2.05) is 45.0 Å². The predicted molar refractivity (Wildman–Crippen MR) is 128 cm³/mol. The van der Waals surface area contributed by atoms with Gasteiger partial charge in [-0.3, -0.25) is 14.5 Å². The lowest BCUT2D eigenvalue weighted by Gasteiger charge is -2.16. The number of nitrogens with one attached hydrogen (secondary N) is 1. The zero-order chi connectivity index (χ0) is 23.8. The summed E-state index contributed by atoms with van der Waals surface area (Å²) >= 11 is 0. The van der Waals surface area contributed by atoms with Crippen LogP contribution in [0.5, 0.6) is 11.5 Å². The van der Waals surface area contributed by atoms with Crippen molar-refractivity contribution in [3.8, 4) is 11.5 Å². The standard InChI is InChI=1S/C26H32N2O5/c1-5-15-33-22-9-6-8-20(17-22)27-24-23(19-10-12-21(31-4)13-11-19)25(29)28(26(24)30)14-7-16-32-18(2)3/h6,8-13,17-18,27H,5,7,14-16H2,1-4H3. The van der Waals surface area contributed by atoms with Gasteiger partial charge in [0, 0.05) is 24.9 Å². The number of carbonyl (C=O) groups excluding carboxylic acids is 2. The van der Waals surface area contributed by atoms with Crippen LogP contribution in [0.4, 0.5) is 5.69 Å². The van der Waals surface area contributed by atoms with E-state index in [-0.39, 0.29) is 30.2 Å². The maximum atomic E-state index is 13.3. The highest BCUT2D eigenvalue weighted by Gasteiger charge is 2.38. The Morgan fingerprint density at radius 2 is 1.73 bits per heavy atom. The second-order valence-corrected chi connectivity index (χ2v) is 8.01. The molecule has 2 aromatic carbocycles. The van der Waals surface area contributed by atoms with Crippen molar-refractivity contribution in [2.75, 3.05) is 32.2 Å². The SMILES string of the molecule is CCCOc1cccc(NC2=C(c3ccc(OC)cc3)C(=O)N(CCCOC(C)C)C2=O)c1. The molecule has 0 atom stereocenters. The summed E-state index contributed by atoms with van der Waals surface area (Å²) < 4.78 is 16.5. The van der Waals surface area contributed by atoms with Crippen LogP contribution < -0.4 is 14.8 Å². The van der Waals surface area contributed by atoms with Gasteiger partial charge in [-0.15, -0.1) is 0 Å². The maximum absolute atomic E-state index is 13.3. The number of rotatable bonds is 12. The Balaban J connectivity index is 1.89. The highest BCUT2D eigenvalue weighted by Crippen LogP contribution is 2.32. The van der Waals surface area contributed by atoms with E-state index in [0.29, 0.717) is 48.0 Å². The minimum absolute atomic E-state index is 0.0994. The Hall–Kier alpha value is -3.32. The lowest BCUT2D eigenvalue weighted by Crippen LogP contribution is -2.34. The lowest BCUT2D eigenvalue weighted by atomic mass is 10.0. The highest BCUT2D eigenvalue weighted by molar-refractivity contribution is 6.36. The highest BCUT2D eigenvalue weighted by atomic mass is 16.5. The summed E-state index contributed by atoms with van der Waals surface area (Å²) in [6, 6.07) is 14.5. The molecule has 0 unspecified atom stereocenters. The normalized spacial score (nSPS) is 13.8. The molecule has 7 heteroatoms. The van der Waals surface area contributed by atoms with Crippen molar-refractivity contribution in [3.05, 3.63) is 59.8 Å². The van der Waals surface area contributed by atoms with Crippen LogP contribution in [0.3, 0.4) is 0 Å². The largest absolute Gasteiger partial charge is 0.497 e. The molecule has 1 aliphatic rings. The number of ether oxygens (including phenoxy) is 3. The smallest absolute Gasteiger partial charge is 0.278 e. The van der Waals surface area contributed by atoms with Gasteiger partial charge in [0.15, 0.2) is 0 Å². The number of anilines is 1. The van der Waals surface area contributed by atoms with Crippen molar-refractivity contribution in [1.29, 1.82) is 0 Å².